The zero-order chi connectivity index (χ0) is 19.7. The van der Waals surface area contributed by atoms with E-state index in [-0.39, 0.29) is 12.2 Å². The fourth-order valence-electron chi connectivity index (χ4n) is 3.22. The van der Waals surface area contributed by atoms with Crippen molar-refractivity contribution in [3.63, 3.8) is 0 Å². The van der Waals surface area contributed by atoms with Crippen LogP contribution in [0.15, 0.2) is 41.5 Å². The van der Waals surface area contributed by atoms with Crippen molar-refractivity contribution in [2.24, 2.45) is 0 Å². The fraction of sp³-hybridized carbons (Fsp3) is 0.200. The minimum absolute atomic E-state index is 0.256. The van der Waals surface area contributed by atoms with E-state index in [1.807, 2.05) is 31.2 Å². The van der Waals surface area contributed by atoms with E-state index in [1.165, 1.54) is 6.20 Å². The number of pyridine rings is 1. The maximum Gasteiger partial charge on any atom is 0.340 e. The van der Waals surface area contributed by atoms with Crippen LogP contribution in [0.2, 0.25) is 0 Å². The first-order valence-electron chi connectivity index (χ1n) is 9.04. The summed E-state index contributed by atoms with van der Waals surface area (Å²) in [6.45, 7) is 4.69. The van der Waals surface area contributed by atoms with Crippen molar-refractivity contribution in [2.75, 3.05) is 18.5 Å². The number of nitrogens with zero attached hydrogens (tertiary/aromatic N) is 2. The van der Waals surface area contributed by atoms with Gasteiger partial charge in [-0.3, -0.25) is 4.79 Å². The highest BCUT2D eigenvalue weighted by atomic mass is 16.5. The predicted octanol–water partition coefficient (Wildman–Crippen LogP) is 3.07. The Morgan fingerprint density at radius 2 is 2.11 bits per heavy atom. The van der Waals surface area contributed by atoms with Crippen LogP contribution in [0.3, 0.4) is 0 Å². The van der Waals surface area contributed by atoms with Gasteiger partial charge in [0.25, 0.3) is 5.56 Å². The molecule has 0 saturated carbocycles. The molecule has 0 aliphatic heterocycles. The van der Waals surface area contributed by atoms with Crippen molar-refractivity contribution in [3.8, 4) is 11.3 Å². The van der Waals surface area contributed by atoms with E-state index >= 15 is 0 Å². The third-order valence-electron chi connectivity index (χ3n) is 4.43. The van der Waals surface area contributed by atoms with Crippen molar-refractivity contribution in [1.82, 2.24) is 19.9 Å². The third-order valence-corrected chi connectivity index (χ3v) is 4.43. The molecule has 0 spiro atoms. The van der Waals surface area contributed by atoms with Crippen LogP contribution < -0.4 is 10.9 Å². The lowest BCUT2D eigenvalue weighted by atomic mass is 10.0. The Labute approximate surface area is 160 Å². The van der Waals surface area contributed by atoms with E-state index in [4.69, 9.17) is 4.74 Å². The molecule has 0 aliphatic carbocycles. The summed E-state index contributed by atoms with van der Waals surface area (Å²) in [5, 5.41) is 4.37. The van der Waals surface area contributed by atoms with Gasteiger partial charge in [-0.2, -0.15) is 0 Å². The molecule has 0 saturated heterocycles. The van der Waals surface area contributed by atoms with Crippen molar-refractivity contribution >= 4 is 33.7 Å². The SMILES string of the molecule is CCNc1nccc(-c2ccc3[nH]c(=O)c4[nH]cc(C(=O)OCC)c4c3c2)n1. The summed E-state index contributed by atoms with van der Waals surface area (Å²) in [7, 11) is 0. The Morgan fingerprint density at radius 3 is 2.89 bits per heavy atom. The van der Waals surface area contributed by atoms with Crippen LogP contribution in [0.4, 0.5) is 5.95 Å². The molecule has 0 amide bonds. The molecule has 0 radical (unpaired) electrons. The topological polar surface area (TPSA) is 113 Å². The van der Waals surface area contributed by atoms with Crippen molar-refractivity contribution < 1.29 is 9.53 Å². The quantitative estimate of drug-likeness (QED) is 0.461. The maximum atomic E-state index is 12.4. The Morgan fingerprint density at radius 1 is 1.25 bits per heavy atom. The van der Waals surface area contributed by atoms with Gasteiger partial charge >= 0.3 is 5.97 Å². The number of carbonyl (C=O) groups is 1. The predicted molar refractivity (Wildman–Crippen MR) is 108 cm³/mol. The first-order valence-corrected chi connectivity index (χ1v) is 9.04. The minimum Gasteiger partial charge on any atom is -0.462 e. The minimum atomic E-state index is -0.470. The van der Waals surface area contributed by atoms with Crippen LogP contribution in [-0.4, -0.2) is 39.1 Å². The van der Waals surface area contributed by atoms with Crippen LogP contribution in [0.25, 0.3) is 33.1 Å². The molecule has 0 unspecified atom stereocenters. The van der Waals surface area contributed by atoms with E-state index in [0.29, 0.717) is 27.9 Å². The number of benzene rings is 1. The second-order valence-corrected chi connectivity index (χ2v) is 6.18. The first-order chi connectivity index (χ1) is 13.6. The van der Waals surface area contributed by atoms with Crippen LogP contribution in [0, 0.1) is 0 Å². The molecule has 3 N–H and O–H groups in total. The van der Waals surface area contributed by atoms with Crippen molar-refractivity contribution in [3.05, 3.63) is 52.6 Å². The molecule has 0 aliphatic rings. The lowest BCUT2D eigenvalue weighted by Crippen LogP contribution is -2.08. The summed E-state index contributed by atoms with van der Waals surface area (Å²) >= 11 is 0. The highest BCUT2D eigenvalue weighted by Crippen LogP contribution is 2.29. The van der Waals surface area contributed by atoms with Gasteiger partial charge in [0, 0.05) is 40.8 Å². The highest BCUT2D eigenvalue weighted by Gasteiger charge is 2.18. The number of nitrogens with one attached hydrogen (secondary N) is 3. The van der Waals surface area contributed by atoms with Gasteiger partial charge in [0.05, 0.1) is 17.9 Å². The van der Waals surface area contributed by atoms with Crippen molar-refractivity contribution in [2.45, 2.75) is 13.8 Å². The van der Waals surface area contributed by atoms with Gasteiger partial charge in [0.2, 0.25) is 5.95 Å². The standard InChI is InChI=1S/C20H19N5O3/c1-3-21-20-22-8-7-14(25-20)11-5-6-15-12(9-11)16-13(19(27)28-4-2)10-23-17(16)18(26)24-15/h5-10,23H,3-4H2,1-2H3,(H,24,26)(H,21,22,25). The molecule has 142 valence electrons. The Balaban J connectivity index is 1.95. The number of esters is 1. The van der Waals surface area contributed by atoms with Crippen LogP contribution >= 0.6 is 0 Å². The molecule has 0 atom stereocenters. The van der Waals surface area contributed by atoms with E-state index < -0.39 is 5.97 Å². The largest absolute Gasteiger partial charge is 0.462 e. The Kier molecular flexibility index (Phi) is 4.52. The van der Waals surface area contributed by atoms with Gasteiger partial charge in [-0.1, -0.05) is 6.07 Å². The van der Waals surface area contributed by atoms with Crippen LogP contribution in [0.1, 0.15) is 24.2 Å². The first kappa shape index (κ1) is 17.7. The summed E-state index contributed by atoms with van der Waals surface area (Å²) in [5.74, 6) is 0.0723. The molecule has 1 aromatic carbocycles. The second-order valence-electron chi connectivity index (χ2n) is 6.18. The lowest BCUT2D eigenvalue weighted by molar-refractivity contribution is 0.0529. The Hall–Kier alpha value is -3.68. The zero-order valence-corrected chi connectivity index (χ0v) is 15.5. The highest BCUT2D eigenvalue weighted by molar-refractivity contribution is 6.15. The number of rotatable bonds is 5. The molecular weight excluding hydrogens is 358 g/mol. The molecule has 28 heavy (non-hydrogen) atoms. The van der Waals surface area contributed by atoms with Gasteiger partial charge in [0.15, 0.2) is 0 Å². The summed E-state index contributed by atoms with van der Waals surface area (Å²) in [5.41, 5.74) is 2.60. The number of anilines is 1. The maximum absolute atomic E-state index is 12.4. The molecule has 8 heteroatoms. The number of hydrogen-bond acceptors (Lipinski definition) is 6. The van der Waals surface area contributed by atoms with E-state index in [9.17, 15) is 9.59 Å². The molecule has 3 aromatic heterocycles. The number of H-pyrrole nitrogens is 2. The molecule has 8 nitrogen and oxygen atoms in total. The number of fused-ring (bicyclic) bond motifs is 3. The molecule has 0 bridgehead atoms. The zero-order valence-electron chi connectivity index (χ0n) is 15.5. The van der Waals surface area contributed by atoms with Crippen LogP contribution in [-0.2, 0) is 4.74 Å². The van der Waals surface area contributed by atoms with E-state index in [0.717, 1.165) is 23.2 Å². The van der Waals surface area contributed by atoms with Gasteiger partial charge in [-0.05, 0) is 32.0 Å². The second kappa shape index (κ2) is 7.15. The number of hydrogen-bond donors (Lipinski definition) is 3. The fourth-order valence-corrected chi connectivity index (χ4v) is 3.22. The van der Waals surface area contributed by atoms with Gasteiger partial charge in [-0.25, -0.2) is 14.8 Å². The average molecular weight is 377 g/mol. The smallest absolute Gasteiger partial charge is 0.340 e. The monoisotopic (exact) mass is 377 g/mol. The van der Waals surface area contributed by atoms with Gasteiger partial charge < -0.3 is 20.0 Å². The number of aromatic amines is 2. The normalized spacial score (nSPS) is 11.1. The van der Waals surface area contributed by atoms with E-state index in [1.54, 1.807) is 13.1 Å². The van der Waals surface area contributed by atoms with Crippen molar-refractivity contribution in [1.29, 1.82) is 0 Å². The number of ether oxygens (including phenoxy) is 1. The third kappa shape index (κ3) is 2.98. The summed E-state index contributed by atoms with van der Waals surface area (Å²) in [6.07, 6.45) is 3.20. The summed E-state index contributed by atoms with van der Waals surface area (Å²) in [6, 6.07) is 7.40. The van der Waals surface area contributed by atoms with E-state index in [2.05, 4.69) is 25.3 Å². The Bertz CT molecular complexity index is 1240. The van der Waals surface area contributed by atoms with Gasteiger partial charge in [-0.15, -0.1) is 0 Å². The molecule has 4 aromatic rings. The molecule has 0 fully saturated rings. The molecular formula is C20H19N5O3. The summed E-state index contributed by atoms with van der Waals surface area (Å²) in [4.78, 5) is 39.2. The molecule has 3 heterocycles. The number of carbonyl (C=O) groups excluding carboxylic acids is 1. The number of aromatic nitrogens is 4. The van der Waals surface area contributed by atoms with Crippen LogP contribution in [0.5, 0.6) is 0 Å². The lowest BCUT2D eigenvalue weighted by Gasteiger charge is -2.08. The summed E-state index contributed by atoms with van der Waals surface area (Å²) < 4.78 is 5.14. The van der Waals surface area contributed by atoms with Gasteiger partial charge in [0.1, 0.15) is 5.52 Å². The molecule has 4 rings (SSSR count). The average Bonchev–Trinajstić information content (AvgIpc) is 3.15.